The van der Waals surface area contributed by atoms with E-state index < -0.39 is 5.97 Å². The van der Waals surface area contributed by atoms with Crippen LogP contribution in [0.25, 0.3) is 11.1 Å². The van der Waals surface area contributed by atoms with Gasteiger partial charge in [0.1, 0.15) is 5.75 Å². The molecule has 1 fully saturated rings. The van der Waals surface area contributed by atoms with Gasteiger partial charge in [0.2, 0.25) is 0 Å². The fourth-order valence-corrected chi connectivity index (χ4v) is 2.21. The molecule has 0 heterocycles. The van der Waals surface area contributed by atoms with Crippen LogP contribution in [0.1, 0.15) is 23.2 Å². The summed E-state index contributed by atoms with van der Waals surface area (Å²) in [5, 5.41) is 9.31. The predicted octanol–water partition coefficient (Wildman–Crippen LogP) is 3.84. The molecule has 1 N–H and O–H groups in total. The van der Waals surface area contributed by atoms with Crippen molar-refractivity contribution in [1.82, 2.24) is 0 Å². The summed E-state index contributed by atoms with van der Waals surface area (Å²) < 4.78 is 5.86. The molecule has 102 valence electrons. The molecule has 3 nitrogen and oxygen atoms in total. The lowest BCUT2D eigenvalue weighted by molar-refractivity contribution is 0.0697. The van der Waals surface area contributed by atoms with Crippen molar-refractivity contribution >= 4 is 5.97 Å². The molecule has 0 aliphatic heterocycles. The quantitative estimate of drug-likeness (QED) is 0.896. The molecule has 3 heteroatoms. The van der Waals surface area contributed by atoms with E-state index in [9.17, 15) is 9.90 Å². The smallest absolute Gasteiger partial charge is 0.336 e. The van der Waals surface area contributed by atoms with Crippen molar-refractivity contribution in [2.75, 3.05) is 6.61 Å². The lowest BCUT2D eigenvalue weighted by Gasteiger charge is -2.13. The third-order valence-electron chi connectivity index (χ3n) is 3.51. The van der Waals surface area contributed by atoms with Gasteiger partial charge in [-0.1, -0.05) is 36.4 Å². The van der Waals surface area contributed by atoms with Gasteiger partial charge in [0, 0.05) is 5.56 Å². The molecular weight excluding hydrogens is 252 g/mol. The molecule has 0 atom stereocenters. The Labute approximate surface area is 117 Å². The number of aromatic carboxylic acids is 1. The SMILES string of the molecule is O=C(O)c1ccccc1-c1ccccc1OCC1CC1. The minimum absolute atomic E-state index is 0.301. The van der Waals surface area contributed by atoms with Crippen LogP contribution in [0.5, 0.6) is 5.75 Å². The van der Waals surface area contributed by atoms with E-state index in [0.717, 1.165) is 11.3 Å². The zero-order chi connectivity index (χ0) is 13.9. The molecular formula is C17H16O3. The van der Waals surface area contributed by atoms with Crippen LogP contribution in [-0.4, -0.2) is 17.7 Å². The monoisotopic (exact) mass is 268 g/mol. The molecule has 2 aromatic rings. The van der Waals surface area contributed by atoms with Gasteiger partial charge in [-0.3, -0.25) is 0 Å². The summed E-state index contributed by atoms with van der Waals surface area (Å²) in [6.07, 6.45) is 2.46. The average molecular weight is 268 g/mol. The minimum Gasteiger partial charge on any atom is -0.493 e. The summed E-state index contributed by atoms with van der Waals surface area (Å²) in [6.45, 7) is 0.715. The fraction of sp³-hybridized carbons (Fsp3) is 0.235. The van der Waals surface area contributed by atoms with Crippen LogP contribution in [0.15, 0.2) is 48.5 Å². The lowest BCUT2D eigenvalue weighted by Crippen LogP contribution is -2.03. The van der Waals surface area contributed by atoms with Crippen LogP contribution < -0.4 is 4.74 Å². The molecule has 0 amide bonds. The Morgan fingerprint density at radius 2 is 1.70 bits per heavy atom. The van der Waals surface area contributed by atoms with Crippen molar-refractivity contribution in [2.45, 2.75) is 12.8 Å². The summed E-state index contributed by atoms with van der Waals surface area (Å²) in [7, 11) is 0. The first-order valence-electron chi connectivity index (χ1n) is 6.80. The van der Waals surface area contributed by atoms with E-state index in [1.807, 2.05) is 36.4 Å². The predicted molar refractivity (Wildman–Crippen MR) is 77.1 cm³/mol. The van der Waals surface area contributed by atoms with Crippen molar-refractivity contribution in [3.63, 3.8) is 0 Å². The van der Waals surface area contributed by atoms with Gasteiger partial charge in [0.15, 0.2) is 0 Å². The van der Waals surface area contributed by atoms with Crippen molar-refractivity contribution in [1.29, 1.82) is 0 Å². The van der Waals surface area contributed by atoms with Gasteiger partial charge in [-0.2, -0.15) is 0 Å². The molecule has 0 saturated heterocycles. The summed E-state index contributed by atoms with van der Waals surface area (Å²) in [6, 6.07) is 14.6. The number of carboxylic acid groups (broad SMARTS) is 1. The van der Waals surface area contributed by atoms with Crippen LogP contribution >= 0.6 is 0 Å². The van der Waals surface area contributed by atoms with Crippen LogP contribution in [0, 0.1) is 5.92 Å². The largest absolute Gasteiger partial charge is 0.493 e. The molecule has 0 spiro atoms. The summed E-state index contributed by atoms with van der Waals surface area (Å²) in [5.74, 6) is 0.503. The average Bonchev–Trinajstić information content (AvgIpc) is 3.29. The van der Waals surface area contributed by atoms with Crippen LogP contribution in [0.2, 0.25) is 0 Å². The Kier molecular flexibility index (Phi) is 3.42. The Morgan fingerprint density at radius 1 is 1.05 bits per heavy atom. The Hall–Kier alpha value is -2.29. The maximum atomic E-state index is 11.3. The third kappa shape index (κ3) is 2.67. The van der Waals surface area contributed by atoms with Crippen LogP contribution in [-0.2, 0) is 0 Å². The molecule has 1 aliphatic carbocycles. The van der Waals surface area contributed by atoms with Gasteiger partial charge in [-0.25, -0.2) is 4.79 Å². The summed E-state index contributed by atoms with van der Waals surface area (Å²) in [5.41, 5.74) is 1.84. The molecule has 0 aromatic heterocycles. The second-order valence-corrected chi connectivity index (χ2v) is 5.10. The highest BCUT2D eigenvalue weighted by Gasteiger charge is 2.22. The molecule has 1 aliphatic rings. The maximum Gasteiger partial charge on any atom is 0.336 e. The zero-order valence-corrected chi connectivity index (χ0v) is 11.1. The first-order chi connectivity index (χ1) is 9.75. The number of benzene rings is 2. The van der Waals surface area contributed by atoms with E-state index in [2.05, 4.69) is 0 Å². The molecule has 3 rings (SSSR count). The van der Waals surface area contributed by atoms with E-state index in [0.29, 0.717) is 23.7 Å². The van der Waals surface area contributed by atoms with E-state index in [-0.39, 0.29) is 0 Å². The highest BCUT2D eigenvalue weighted by molar-refractivity contribution is 5.96. The number of carboxylic acids is 1. The van der Waals surface area contributed by atoms with E-state index in [1.54, 1.807) is 12.1 Å². The number of hydrogen-bond acceptors (Lipinski definition) is 2. The van der Waals surface area contributed by atoms with Gasteiger partial charge >= 0.3 is 5.97 Å². The Morgan fingerprint density at radius 3 is 2.40 bits per heavy atom. The van der Waals surface area contributed by atoms with E-state index in [1.165, 1.54) is 12.8 Å². The van der Waals surface area contributed by atoms with Gasteiger partial charge in [0.25, 0.3) is 0 Å². The number of rotatable bonds is 5. The fourth-order valence-electron chi connectivity index (χ4n) is 2.21. The first kappa shape index (κ1) is 12.7. The van der Waals surface area contributed by atoms with E-state index >= 15 is 0 Å². The lowest BCUT2D eigenvalue weighted by atomic mass is 9.99. The number of ether oxygens (including phenoxy) is 1. The number of hydrogen-bond donors (Lipinski definition) is 1. The summed E-state index contributed by atoms with van der Waals surface area (Å²) in [4.78, 5) is 11.3. The number of carbonyl (C=O) groups is 1. The standard InChI is InChI=1S/C17H16O3/c18-17(19)15-7-2-1-5-13(15)14-6-3-4-8-16(14)20-11-12-9-10-12/h1-8,12H,9-11H2,(H,18,19). The second-order valence-electron chi connectivity index (χ2n) is 5.10. The molecule has 0 radical (unpaired) electrons. The normalized spacial score (nSPS) is 14.0. The van der Waals surface area contributed by atoms with Crippen LogP contribution in [0.3, 0.4) is 0 Å². The maximum absolute atomic E-state index is 11.3. The first-order valence-corrected chi connectivity index (χ1v) is 6.80. The number of para-hydroxylation sites is 1. The Balaban J connectivity index is 1.98. The molecule has 0 unspecified atom stereocenters. The van der Waals surface area contributed by atoms with Crippen molar-refractivity contribution < 1.29 is 14.6 Å². The van der Waals surface area contributed by atoms with Gasteiger partial charge in [0.05, 0.1) is 12.2 Å². The molecule has 0 bridgehead atoms. The van der Waals surface area contributed by atoms with E-state index in [4.69, 9.17) is 4.74 Å². The minimum atomic E-state index is -0.919. The molecule has 20 heavy (non-hydrogen) atoms. The van der Waals surface area contributed by atoms with Gasteiger partial charge in [-0.15, -0.1) is 0 Å². The summed E-state index contributed by atoms with van der Waals surface area (Å²) >= 11 is 0. The molecule has 1 saturated carbocycles. The van der Waals surface area contributed by atoms with Crippen molar-refractivity contribution in [3.8, 4) is 16.9 Å². The molecule has 2 aromatic carbocycles. The Bertz CT molecular complexity index is 630. The topological polar surface area (TPSA) is 46.5 Å². The van der Waals surface area contributed by atoms with Gasteiger partial charge in [-0.05, 0) is 36.5 Å². The second kappa shape index (κ2) is 5.37. The van der Waals surface area contributed by atoms with Gasteiger partial charge < -0.3 is 9.84 Å². The van der Waals surface area contributed by atoms with Crippen LogP contribution in [0.4, 0.5) is 0 Å². The van der Waals surface area contributed by atoms with Crippen molar-refractivity contribution in [2.24, 2.45) is 5.92 Å². The zero-order valence-electron chi connectivity index (χ0n) is 11.1. The highest BCUT2D eigenvalue weighted by atomic mass is 16.5. The van der Waals surface area contributed by atoms with Crippen molar-refractivity contribution in [3.05, 3.63) is 54.1 Å². The third-order valence-corrected chi connectivity index (χ3v) is 3.51. The highest BCUT2D eigenvalue weighted by Crippen LogP contribution is 2.35.